The maximum Gasteiger partial charge on any atom is 0.253 e. The molecule has 0 unspecified atom stereocenters. The molecule has 2 heterocycles. The Morgan fingerprint density at radius 1 is 1.03 bits per heavy atom. The molecule has 2 amide bonds. The molecule has 1 aromatic heterocycles. The van der Waals surface area contributed by atoms with Gasteiger partial charge in [0.05, 0.1) is 5.56 Å². The first kappa shape index (κ1) is 22.5. The molecule has 0 spiro atoms. The van der Waals surface area contributed by atoms with Crippen LogP contribution < -0.4 is 15.5 Å². The van der Waals surface area contributed by atoms with E-state index in [2.05, 4.69) is 44.8 Å². The Labute approximate surface area is 195 Å². The van der Waals surface area contributed by atoms with Crippen molar-refractivity contribution in [3.05, 3.63) is 89.2 Å². The first-order valence-corrected chi connectivity index (χ1v) is 11.3. The van der Waals surface area contributed by atoms with Crippen LogP contribution >= 0.6 is 0 Å². The summed E-state index contributed by atoms with van der Waals surface area (Å²) < 4.78 is 0. The van der Waals surface area contributed by atoms with E-state index in [1.807, 2.05) is 45.0 Å². The van der Waals surface area contributed by atoms with Gasteiger partial charge in [-0.3, -0.25) is 14.6 Å². The van der Waals surface area contributed by atoms with Crippen LogP contribution in [0.25, 0.3) is 0 Å². The van der Waals surface area contributed by atoms with Gasteiger partial charge >= 0.3 is 0 Å². The SMILES string of the molecule is CC(C)(C)C(=O)Nc1ccc(N2CCc3ccccc3C2)c(C(=O)NCc2cccnc2)c1. The summed E-state index contributed by atoms with van der Waals surface area (Å²) >= 11 is 0. The summed E-state index contributed by atoms with van der Waals surface area (Å²) in [6.45, 7) is 7.55. The summed E-state index contributed by atoms with van der Waals surface area (Å²) in [5.74, 6) is -0.275. The molecule has 3 aromatic rings. The highest BCUT2D eigenvalue weighted by molar-refractivity contribution is 6.02. The minimum absolute atomic E-state index is 0.0936. The Morgan fingerprint density at radius 2 is 1.82 bits per heavy atom. The lowest BCUT2D eigenvalue weighted by Gasteiger charge is -2.32. The smallest absolute Gasteiger partial charge is 0.253 e. The van der Waals surface area contributed by atoms with Crippen molar-refractivity contribution >= 4 is 23.2 Å². The molecule has 6 heteroatoms. The van der Waals surface area contributed by atoms with Crippen molar-refractivity contribution in [2.45, 2.75) is 40.3 Å². The third kappa shape index (κ3) is 5.40. The largest absolute Gasteiger partial charge is 0.366 e. The summed E-state index contributed by atoms with van der Waals surface area (Å²) in [6.07, 6.45) is 4.37. The number of aromatic nitrogens is 1. The molecule has 6 nitrogen and oxygen atoms in total. The van der Waals surface area contributed by atoms with Gasteiger partial charge in [0.2, 0.25) is 5.91 Å². The zero-order chi connectivity index (χ0) is 23.4. The van der Waals surface area contributed by atoms with E-state index in [0.29, 0.717) is 17.8 Å². The van der Waals surface area contributed by atoms with Crippen LogP contribution in [0.15, 0.2) is 67.0 Å². The third-order valence-corrected chi connectivity index (χ3v) is 5.83. The normalized spacial score (nSPS) is 13.2. The Hall–Kier alpha value is -3.67. The molecule has 4 rings (SSSR count). The monoisotopic (exact) mass is 442 g/mol. The van der Waals surface area contributed by atoms with Crippen LogP contribution in [0.3, 0.4) is 0 Å². The predicted molar refractivity (Wildman–Crippen MR) is 131 cm³/mol. The van der Waals surface area contributed by atoms with Crippen molar-refractivity contribution in [3.8, 4) is 0 Å². The highest BCUT2D eigenvalue weighted by atomic mass is 16.2. The van der Waals surface area contributed by atoms with Gasteiger partial charge in [-0.15, -0.1) is 0 Å². The highest BCUT2D eigenvalue weighted by Gasteiger charge is 2.24. The lowest BCUT2D eigenvalue weighted by molar-refractivity contribution is -0.123. The van der Waals surface area contributed by atoms with E-state index in [0.717, 1.165) is 30.8 Å². The van der Waals surface area contributed by atoms with Crippen molar-refractivity contribution in [1.29, 1.82) is 0 Å². The van der Waals surface area contributed by atoms with E-state index in [9.17, 15) is 9.59 Å². The molecule has 1 aliphatic heterocycles. The summed E-state index contributed by atoms with van der Waals surface area (Å²) in [5, 5.41) is 5.96. The molecule has 0 atom stereocenters. The van der Waals surface area contributed by atoms with E-state index >= 15 is 0 Å². The number of pyridine rings is 1. The standard InChI is InChI=1S/C27H30N4O2/c1-27(2,3)26(33)30-22-10-11-24(31-14-12-20-8-4-5-9-21(20)18-31)23(15-22)25(32)29-17-19-7-6-13-28-16-19/h4-11,13,15-16H,12,14,17-18H2,1-3H3,(H,29,32)(H,30,33). The average Bonchev–Trinajstić information content (AvgIpc) is 2.82. The third-order valence-electron chi connectivity index (χ3n) is 5.83. The van der Waals surface area contributed by atoms with Gasteiger partial charge in [-0.05, 0) is 47.4 Å². The zero-order valence-electron chi connectivity index (χ0n) is 19.4. The van der Waals surface area contributed by atoms with Crippen molar-refractivity contribution in [3.63, 3.8) is 0 Å². The predicted octanol–water partition coefficient (Wildman–Crippen LogP) is 4.56. The quantitative estimate of drug-likeness (QED) is 0.608. The molecule has 170 valence electrons. The molecule has 0 saturated heterocycles. The van der Waals surface area contributed by atoms with Gasteiger partial charge in [0, 0.05) is 48.8 Å². The van der Waals surface area contributed by atoms with E-state index in [1.54, 1.807) is 18.5 Å². The lowest BCUT2D eigenvalue weighted by atomic mass is 9.95. The van der Waals surface area contributed by atoms with Gasteiger partial charge in [0.25, 0.3) is 5.91 Å². The average molecular weight is 443 g/mol. The van der Waals surface area contributed by atoms with Gasteiger partial charge in [0.15, 0.2) is 0 Å². The van der Waals surface area contributed by atoms with Crippen molar-refractivity contribution in [2.24, 2.45) is 5.41 Å². The molecule has 0 bridgehead atoms. The molecule has 2 aromatic carbocycles. The Morgan fingerprint density at radius 3 is 2.55 bits per heavy atom. The number of nitrogens with zero attached hydrogens (tertiary/aromatic N) is 2. The number of fused-ring (bicyclic) bond motifs is 1. The molecule has 0 radical (unpaired) electrons. The number of hydrogen-bond acceptors (Lipinski definition) is 4. The van der Waals surface area contributed by atoms with Gasteiger partial charge in [0.1, 0.15) is 0 Å². The number of anilines is 2. The molecule has 0 aliphatic carbocycles. The molecule has 1 aliphatic rings. The Balaban J connectivity index is 1.62. The summed E-state index contributed by atoms with van der Waals surface area (Å²) in [5.41, 5.74) is 5.05. The maximum atomic E-state index is 13.3. The number of carbonyl (C=O) groups is 2. The maximum absolute atomic E-state index is 13.3. The second kappa shape index (κ2) is 9.45. The number of benzene rings is 2. The summed E-state index contributed by atoms with van der Waals surface area (Å²) in [4.78, 5) is 32.2. The van der Waals surface area contributed by atoms with Gasteiger partial charge in [-0.1, -0.05) is 51.1 Å². The van der Waals surface area contributed by atoms with Gasteiger partial charge < -0.3 is 15.5 Å². The molecule has 0 saturated carbocycles. The molecule has 2 N–H and O–H groups in total. The molecule has 0 fully saturated rings. The molecule has 33 heavy (non-hydrogen) atoms. The van der Waals surface area contributed by atoms with Crippen LogP contribution in [-0.2, 0) is 24.3 Å². The van der Waals surface area contributed by atoms with Crippen LogP contribution in [0.1, 0.15) is 47.8 Å². The van der Waals surface area contributed by atoms with Crippen molar-refractivity contribution in [2.75, 3.05) is 16.8 Å². The van der Waals surface area contributed by atoms with Crippen LogP contribution in [-0.4, -0.2) is 23.3 Å². The summed E-state index contributed by atoms with van der Waals surface area (Å²) in [6, 6.07) is 17.8. The minimum Gasteiger partial charge on any atom is -0.366 e. The first-order chi connectivity index (χ1) is 15.8. The number of amides is 2. The Kier molecular flexibility index (Phi) is 6.45. The highest BCUT2D eigenvalue weighted by Crippen LogP contribution is 2.30. The van der Waals surface area contributed by atoms with Crippen LogP contribution in [0.5, 0.6) is 0 Å². The van der Waals surface area contributed by atoms with Crippen molar-refractivity contribution < 1.29 is 9.59 Å². The van der Waals surface area contributed by atoms with Crippen LogP contribution in [0.2, 0.25) is 0 Å². The molecular weight excluding hydrogens is 412 g/mol. The van der Waals surface area contributed by atoms with E-state index in [-0.39, 0.29) is 11.8 Å². The topological polar surface area (TPSA) is 74.3 Å². The number of carbonyl (C=O) groups excluding carboxylic acids is 2. The zero-order valence-corrected chi connectivity index (χ0v) is 19.4. The fourth-order valence-corrected chi connectivity index (χ4v) is 3.87. The van der Waals surface area contributed by atoms with E-state index in [1.165, 1.54) is 11.1 Å². The number of nitrogens with one attached hydrogen (secondary N) is 2. The number of rotatable bonds is 5. The summed E-state index contributed by atoms with van der Waals surface area (Å²) in [7, 11) is 0. The Bertz CT molecular complexity index is 1150. The van der Waals surface area contributed by atoms with E-state index in [4.69, 9.17) is 0 Å². The van der Waals surface area contributed by atoms with E-state index < -0.39 is 5.41 Å². The second-order valence-electron chi connectivity index (χ2n) is 9.42. The molecular formula is C27H30N4O2. The minimum atomic E-state index is -0.530. The second-order valence-corrected chi connectivity index (χ2v) is 9.42. The first-order valence-electron chi connectivity index (χ1n) is 11.3. The fraction of sp³-hybridized carbons (Fsp3) is 0.296. The van der Waals surface area contributed by atoms with Gasteiger partial charge in [-0.25, -0.2) is 0 Å². The van der Waals surface area contributed by atoms with Crippen LogP contribution in [0.4, 0.5) is 11.4 Å². The van der Waals surface area contributed by atoms with Crippen LogP contribution in [0, 0.1) is 5.41 Å². The lowest BCUT2D eigenvalue weighted by Crippen LogP contribution is -2.33. The fourth-order valence-electron chi connectivity index (χ4n) is 3.87. The van der Waals surface area contributed by atoms with Crippen molar-refractivity contribution in [1.82, 2.24) is 10.3 Å². The number of hydrogen-bond donors (Lipinski definition) is 2. The van der Waals surface area contributed by atoms with Gasteiger partial charge in [-0.2, -0.15) is 0 Å².